The molecule has 15 heavy (non-hydrogen) atoms. The molecule has 1 aromatic rings. The molecule has 0 saturated carbocycles. The Morgan fingerprint density at radius 3 is 2.80 bits per heavy atom. The fourth-order valence-electron chi connectivity index (χ4n) is 1.10. The van der Waals surface area contributed by atoms with Crippen molar-refractivity contribution < 1.29 is 9.26 Å². The second kappa shape index (κ2) is 5.82. The molecule has 0 fully saturated rings. The summed E-state index contributed by atoms with van der Waals surface area (Å²) in [6.45, 7) is 7.32. The highest BCUT2D eigenvalue weighted by Crippen LogP contribution is 2.16. The van der Waals surface area contributed by atoms with Crippen molar-refractivity contribution in [3.63, 3.8) is 0 Å². The van der Waals surface area contributed by atoms with Gasteiger partial charge < -0.3 is 15.0 Å². The standard InChI is InChI=1S/C10H19N3O2/c1-4-14-6-5-8-12-10(15-13-8)9(11)7(2)3/h7,9H,4-6,11H2,1-3H3/t9-/m1/s1. The van der Waals surface area contributed by atoms with E-state index in [0.717, 1.165) is 0 Å². The van der Waals surface area contributed by atoms with Gasteiger partial charge in [0.15, 0.2) is 5.82 Å². The summed E-state index contributed by atoms with van der Waals surface area (Å²) in [5.74, 6) is 1.47. The average Bonchev–Trinajstić information content (AvgIpc) is 2.65. The monoisotopic (exact) mass is 213 g/mol. The smallest absolute Gasteiger partial charge is 0.243 e. The quantitative estimate of drug-likeness (QED) is 0.721. The first-order chi connectivity index (χ1) is 7.15. The van der Waals surface area contributed by atoms with Crippen LogP contribution in [0.5, 0.6) is 0 Å². The number of rotatable bonds is 6. The molecule has 0 radical (unpaired) electrons. The topological polar surface area (TPSA) is 74.2 Å². The van der Waals surface area contributed by atoms with Gasteiger partial charge in [-0.2, -0.15) is 4.98 Å². The Kier molecular flexibility index (Phi) is 4.71. The molecular formula is C10H19N3O2. The van der Waals surface area contributed by atoms with Gasteiger partial charge in [0.1, 0.15) is 0 Å². The molecule has 0 unspecified atom stereocenters. The number of ether oxygens (including phenoxy) is 1. The zero-order valence-electron chi connectivity index (χ0n) is 9.56. The molecule has 1 atom stereocenters. The molecule has 1 aromatic heterocycles. The molecule has 5 nitrogen and oxygen atoms in total. The van der Waals surface area contributed by atoms with Gasteiger partial charge in [-0.3, -0.25) is 0 Å². The summed E-state index contributed by atoms with van der Waals surface area (Å²) < 4.78 is 10.3. The van der Waals surface area contributed by atoms with E-state index in [2.05, 4.69) is 10.1 Å². The zero-order chi connectivity index (χ0) is 11.3. The predicted octanol–water partition coefficient (Wildman–Crippen LogP) is 1.30. The first-order valence-electron chi connectivity index (χ1n) is 5.31. The Bertz CT molecular complexity index is 286. The van der Waals surface area contributed by atoms with Crippen LogP contribution in [0.2, 0.25) is 0 Å². The minimum Gasteiger partial charge on any atom is -0.381 e. The van der Waals surface area contributed by atoms with Gasteiger partial charge in [-0.25, -0.2) is 0 Å². The van der Waals surface area contributed by atoms with Crippen molar-refractivity contribution in [2.45, 2.75) is 33.2 Å². The van der Waals surface area contributed by atoms with Gasteiger partial charge in [0.2, 0.25) is 5.89 Å². The molecule has 5 heteroatoms. The van der Waals surface area contributed by atoms with Gasteiger partial charge >= 0.3 is 0 Å². The summed E-state index contributed by atoms with van der Waals surface area (Å²) in [6.07, 6.45) is 0.669. The lowest BCUT2D eigenvalue weighted by Gasteiger charge is -2.09. The van der Waals surface area contributed by atoms with Crippen LogP contribution in [-0.2, 0) is 11.2 Å². The second-order valence-electron chi connectivity index (χ2n) is 3.77. The predicted molar refractivity (Wildman–Crippen MR) is 56.3 cm³/mol. The molecule has 86 valence electrons. The molecule has 0 aliphatic rings. The lowest BCUT2D eigenvalue weighted by molar-refractivity contribution is 0.149. The van der Waals surface area contributed by atoms with E-state index < -0.39 is 0 Å². The lowest BCUT2D eigenvalue weighted by Crippen LogP contribution is -2.17. The number of hydrogen-bond acceptors (Lipinski definition) is 5. The Morgan fingerprint density at radius 1 is 1.47 bits per heavy atom. The number of nitrogens with two attached hydrogens (primary N) is 1. The van der Waals surface area contributed by atoms with Gasteiger partial charge in [0.25, 0.3) is 0 Å². The third kappa shape index (κ3) is 3.60. The summed E-state index contributed by atoms with van der Waals surface area (Å²) >= 11 is 0. The van der Waals surface area contributed by atoms with Crippen molar-refractivity contribution in [2.75, 3.05) is 13.2 Å². The molecule has 0 bridgehead atoms. The second-order valence-corrected chi connectivity index (χ2v) is 3.77. The van der Waals surface area contributed by atoms with E-state index in [0.29, 0.717) is 37.3 Å². The SMILES string of the molecule is CCOCCc1noc([C@H](N)C(C)C)n1. The number of nitrogens with zero attached hydrogens (tertiary/aromatic N) is 2. The van der Waals surface area contributed by atoms with Crippen molar-refractivity contribution >= 4 is 0 Å². The number of hydrogen-bond donors (Lipinski definition) is 1. The van der Waals surface area contributed by atoms with Crippen molar-refractivity contribution in [3.8, 4) is 0 Å². The van der Waals surface area contributed by atoms with E-state index in [9.17, 15) is 0 Å². The summed E-state index contributed by atoms with van der Waals surface area (Å²) in [5, 5.41) is 3.85. The minimum absolute atomic E-state index is 0.182. The molecule has 0 aliphatic carbocycles. The molecule has 0 aliphatic heterocycles. The van der Waals surface area contributed by atoms with E-state index in [4.69, 9.17) is 15.0 Å². The van der Waals surface area contributed by atoms with Gasteiger partial charge in [-0.1, -0.05) is 19.0 Å². The van der Waals surface area contributed by atoms with Crippen LogP contribution in [0.3, 0.4) is 0 Å². The van der Waals surface area contributed by atoms with Crippen molar-refractivity contribution in [3.05, 3.63) is 11.7 Å². The van der Waals surface area contributed by atoms with Crippen molar-refractivity contribution in [1.29, 1.82) is 0 Å². The van der Waals surface area contributed by atoms with Gasteiger partial charge in [0, 0.05) is 13.0 Å². The first-order valence-corrected chi connectivity index (χ1v) is 5.31. The van der Waals surface area contributed by atoms with Crippen molar-refractivity contribution in [1.82, 2.24) is 10.1 Å². The highest BCUT2D eigenvalue weighted by molar-refractivity contribution is 4.93. The fourth-order valence-corrected chi connectivity index (χ4v) is 1.10. The van der Waals surface area contributed by atoms with Gasteiger partial charge in [-0.05, 0) is 12.8 Å². The summed E-state index contributed by atoms with van der Waals surface area (Å²) in [6, 6.07) is -0.182. The van der Waals surface area contributed by atoms with Gasteiger partial charge in [-0.15, -0.1) is 0 Å². The maximum Gasteiger partial charge on any atom is 0.243 e. The van der Waals surface area contributed by atoms with Gasteiger partial charge in [0.05, 0.1) is 12.6 Å². The summed E-state index contributed by atoms with van der Waals surface area (Å²) in [5.41, 5.74) is 5.88. The lowest BCUT2D eigenvalue weighted by atomic mass is 10.1. The fraction of sp³-hybridized carbons (Fsp3) is 0.800. The summed E-state index contributed by atoms with van der Waals surface area (Å²) in [4.78, 5) is 4.22. The normalized spacial score (nSPS) is 13.4. The highest BCUT2D eigenvalue weighted by atomic mass is 16.5. The van der Waals surface area contributed by atoms with E-state index in [1.807, 2.05) is 20.8 Å². The molecule has 0 amide bonds. The van der Waals surface area contributed by atoms with Crippen LogP contribution >= 0.6 is 0 Å². The summed E-state index contributed by atoms with van der Waals surface area (Å²) in [7, 11) is 0. The largest absolute Gasteiger partial charge is 0.381 e. The van der Waals surface area contributed by atoms with E-state index >= 15 is 0 Å². The molecule has 0 spiro atoms. The van der Waals surface area contributed by atoms with E-state index in [1.165, 1.54) is 0 Å². The van der Waals surface area contributed by atoms with Crippen LogP contribution in [-0.4, -0.2) is 23.4 Å². The average molecular weight is 213 g/mol. The van der Waals surface area contributed by atoms with Crippen LogP contribution in [0, 0.1) is 5.92 Å². The van der Waals surface area contributed by atoms with Crippen LogP contribution in [0.1, 0.15) is 38.5 Å². The Morgan fingerprint density at radius 2 is 2.20 bits per heavy atom. The highest BCUT2D eigenvalue weighted by Gasteiger charge is 2.17. The zero-order valence-corrected chi connectivity index (χ0v) is 9.56. The first kappa shape index (κ1) is 12.1. The van der Waals surface area contributed by atoms with Crippen LogP contribution in [0.25, 0.3) is 0 Å². The maximum atomic E-state index is 5.88. The van der Waals surface area contributed by atoms with Crippen molar-refractivity contribution in [2.24, 2.45) is 11.7 Å². The number of aromatic nitrogens is 2. The van der Waals surface area contributed by atoms with E-state index in [-0.39, 0.29) is 6.04 Å². The third-order valence-electron chi connectivity index (χ3n) is 2.16. The maximum absolute atomic E-state index is 5.88. The third-order valence-corrected chi connectivity index (χ3v) is 2.16. The molecule has 2 N–H and O–H groups in total. The Hall–Kier alpha value is -0.940. The molecule has 1 rings (SSSR count). The molecule has 0 aromatic carbocycles. The molecule has 1 heterocycles. The molecule has 0 saturated heterocycles. The van der Waals surface area contributed by atoms with Crippen LogP contribution < -0.4 is 5.73 Å². The Labute approximate surface area is 90.0 Å². The van der Waals surface area contributed by atoms with E-state index in [1.54, 1.807) is 0 Å². The minimum atomic E-state index is -0.182. The molecular weight excluding hydrogens is 194 g/mol. The van der Waals surface area contributed by atoms with Crippen LogP contribution in [0.4, 0.5) is 0 Å². The van der Waals surface area contributed by atoms with Crippen LogP contribution in [0.15, 0.2) is 4.52 Å². The Balaban J connectivity index is 2.48.